The molecule has 94 valence electrons. The number of carbonyl (C=O) groups excluding carboxylic acids is 1. The Morgan fingerprint density at radius 1 is 1.39 bits per heavy atom. The van der Waals surface area contributed by atoms with Gasteiger partial charge in [0.15, 0.2) is 0 Å². The van der Waals surface area contributed by atoms with E-state index in [1.165, 1.54) is 0 Å². The highest BCUT2D eigenvalue weighted by Crippen LogP contribution is 2.42. The summed E-state index contributed by atoms with van der Waals surface area (Å²) in [6.45, 7) is 0. The maximum Gasteiger partial charge on any atom is 0.247 e. The van der Waals surface area contributed by atoms with Gasteiger partial charge in [-0.15, -0.1) is 0 Å². The van der Waals surface area contributed by atoms with Crippen molar-refractivity contribution >= 4 is 11.6 Å². The first-order valence-electron chi connectivity index (χ1n) is 5.96. The molecule has 0 aliphatic heterocycles. The van der Waals surface area contributed by atoms with Crippen LogP contribution in [0.4, 0.5) is 5.69 Å². The molecule has 18 heavy (non-hydrogen) atoms. The lowest BCUT2D eigenvalue weighted by Crippen LogP contribution is -2.45. The van der Waals surface area contributed by atoms with E-state index in [1.807, 2.05) is 12.1 Å². The van der Waals surface area contributed by atoms with Crippen LogP contribution in [0.3, 0.4) is 0 Å². The molecule has 0 heterocycles. The second-order valence-electron chi connectivity index (χ2n) is 4.61. The predicted octanol–water partition coefficient (Wildman–Crippen LogP) is 2.35. The van der Waals surface area contributed by atoms with Gasteiger partial charge in [-0.1, -0.05) is 0 Å². The molecule has 4 heteroatoms. The van der Waals surface area contributed by atoms with E-state index in [-0.39, 0.29) is 5.91 Å². The number of amides is 1. The van der Waals surface area contributed by atoms with E-state index in [9.17, 15) is 4.79 Å². The van der Waals surface area contributed by atoms with Crippen molar-refractivity contribution in [1.82, 2.24) is 0 Å². The van der Waals surface area contributed by atoms with Crippen LogP contribution in [0.2, 0.25) is 0 Å². The molecule has 1 fully saturated rings. The van der Waals surface area contributed by atoms with Gasteiger partial charge < -0.3 is 9.64 Å². The van der Waals surface area contributed by atoms with Crippen LogP contribution in [0, 0.1) is 16.7 Å². The lowest BCUT2D eigenvalue weighted by molar-refractivity contribution is -0.128. The molecule has 4 nitrogen and oxygen atoms in total. The molecule has 1 aliphatic carbocycles. The standard InChI is InChI=1S/C14H16N2O2/c1-16(11-4-6-12(18-2)7-5-11)13(17)14(10-15)8-3-9-14/h4-7H,3,8-9H2,1-2H3. The molecule has 0 aromatic heterocycles. The summed E-state index contributed by atoms with van der Waals surface area (Å²) in [4.78, 5) is 13.9. The summed E-state index contributed by atoms with van der Waals surface area (Å²) in [6.07, 6.45) is 2.29. The second-order valence-corrected chi connectivity index (χ2v) is 4.61. The van der Waals surface area contributed by atoms with Crippen molar-refractivity contribution in [1.29, 1.82) is 5.26 Å². The van der Waals surface area contributed by atoms with Gasteiger partial charge in [-0.05, 0) is 43.5 Å². The third kappa shape index (κ3) is 1.92. The van der Waals surface area contributed by atoms with E-state index >= 15 is 0 Å². The number of benzene rings is 1. The molecule has 0 bridgehead atoms. The highest BCUT2D eigenvalue weighted by Gasteiger charge is 2.46. The zero-order valence-electron chi connectivity index (χ0n) is 10.6. The van der Waals surface area contributed by atoms with Crippen molar-refractivity contribution in [3.63, 3.8) is 0 Å². The van der Waals surface area contributed by atoms with Crippen molar-refractivity contribution in [2.24, 2.45) is 5.41 Å². The summed E-state index contributed by atoms with van der Waals surface area (Å²) in [5.74, 6) is 0.639. The van der Waals surface area contributed by atoms with Crippen LogP contribution in [-0.4, -0.2) is 20.1 Å². The Labute approximate surface area is 107 Å². The number of rotatable bonds is 3. The van der Waals surface area contributed by atoms with Crippen molar-refractivity contribution in [3.8, 4) is 11.8 Å². The van der Waals surface area contributed by atoms with Crippen LogP contribution in [0.5, 0.6) is 5.75 Å². The first-order chi connectivity index (χ1) is 8.63. The number of carbonyl (C=O) groups is 1. The van der Waals surface area contributed by atoms with Gasteiger partial charge in [0.05, 0.1) is 13.2 Å². The molecule has 1 aromatic carbocycles. The van der Waals surface area contributed by atoms with Crippen LogP contribution in [0.15, 0.2) is 24.3 Å². The average Bonchev–Trinajstić information content (AvgIpc) is 2.37. The Kier molecular flexibility index (Phi) is 3.24. The number of methoxy groups -OCH3 is 1. The minimum atomic E-state index is -0.797. The van der Waals surface area contributed by atoms with Gasteiger partial charge in [-0.25, -0.2) is 0 Å². The smallest absolute Gasteiger partial charge is 0.247 e. The van der Waals surface area contributed by atoms with Crippen LogP contribution in [-0.2, 0) is 4.79 Å². The Morgan fingerprint density at radius 2 is 2.00 bits per heavy atom. The van der Waals surface area contributed by atoms with Crippen molar-refractivity contribution in [2.45, 2.75) is 19.3 Å². The normalized spacial score (nSPS) is 16.3. The predicted molar refractivity (Wildman–Crippen MR) is 68.3 cm³/mol. The molecule has 0 radical (unpaired) electrons. The summed E-state index contributed by atoms with van der Waals surface area (Å²) in [6, 6.07) is 9.42. The number of anilines is 1. The maximum absolute atomic E-state index is 12.3. The lowest BCUT2D eigenvalue weighted by Gasteiger charge is -2.36. The fourth-order valence-electron chi connectivity index (χ4n) is 2.15. The number of hydrogen-bond donors (Lipinski definition) is 0. The van der Waals surface area contributed by atoms with Gasteiger partial charge in [-0.3, -0.25) is 4.79 Å². The second kappa shape index (κ2) is 4.69. The fraction of sp³-hybridized carbons (Fsp3) is 0.429. The van der Waals surface area contributed by atoms with Crippen molar-refractivity contribution in [2.75, 3.05) is 19.1 Å². The summed E-state index contributed by atoms with van der Waals surface area (Å²) in [5.41, 5.74) is -0.0170. The zero-order chi connectivity index (χ0) is 13.2. The van der Waals surface area contributed by atoms with Gasteiger partial charge in [0.1, 0.15) is 11.2 Å². The topological polar surface area (TPSA) is 53.3 Å². The van der Waals surface area contributed by atoms with E-state index in [4.69, 9.17) is 10.00 Å². The monoisotopic (exact) mass is 244 g/mol. The summed E-state index contributed by atoms with van der Waals surface area (Å²) >= 11 is 0. The Bertz CT molecular complexity index is 484. The summed E-state index contributed by atoms with van der Waals surface area (Å²) < 4.78 is 5.07. The van der Waals surface area contributed by atoms with Gasteiger partial charge in [0.2, 0.25) is 5.91 Å². The maximum atomic E-state index is 12.3. The van der Waals surface area contributed by atoms with Gasteiger partial charge in [-0.2, -0.15) is 5.26 Å². The quantitative estimate of drug-likeness (QED) is 0.820. The number of nitriles is 1. The lowest BCUT2D eigenvalue weighted by atomic mass is 9.69. The summed E-state index contributed by atoms with van der Waals surface area (Å²) in [7, 11) is 3.31. The minimum absolute atomic E-state index is 0.110. The Hall–Kier alpha value is -2.02. The van der Waals surface area contributed by atoms with Crippen LogP contribution < -0.4 is 9.64 Å². The van der Waals surface area contributed by atoms with Gasteiger partial charge in [0.25, 0.3) is 0 Å². The van der Waals surface area contributed by atoms with Crippen LogP contribution in [0.25, 0.3) is 0 Å². The molecule has 1 amide bonds. The summed E-state index contributed by atoms with van der Waals surface area (Å²) in [5, 5.41) is 9.17. The first kappa shape index (κ1) is 12.4. The molecule has 0 spiro atoms. The average molecular weight is 244 g/mol. The molecule has 1 saturated carbocycles. The molecule has 0 N–H and O–H groups in total. The molecule has 0 saturated heterocycles. The molecular weight excluding hydrogens is 228 g/mol. The zero-order valence-corrected chi connectivity index (χ0v) is 10.6. The van der Waals surface area contributed by atoms with Crippen molar-refractivity contribution in [3.05, 3.63) is 24.3 Å². The van der Waals surface area contributed by atoms with E-state index in [0.29, 0.717) is 12.8 Å². The SMILES string of the molecule is COc1ccc(N(C)C(=O)C2(C#N)CCC2)cc1. The van der Waals surface area contributed by atoms with Crippen LogP contribution >= 0.6 is 0 Å². The number of ether oxygens (including phenoxy) is 1. The van der Waals surface area contributed by atoms with Crippen LogP contribution in [0.1, 0.15) is 19.3 Å². The molecule has 1 aliphatic rings. The third-order valence-corrected chi connectivity index (χ3v) is 3.59. The van der Waals surface area contributed by atoms with E-state index < -0.39 is 5.41 Å². The van der Waals surface area contributed by atoms with Crippen molar-refractivity contribution < 1.29 is 9.53 Å². The van der Waals surface area contributed by atoms with Gasteiger partial charge in [0, 0.05) is 12.7 Å². The minimum Gasteiger partial charge on any atom is -0.497 e. The molecule has 2 rings (SSSR count). The van der Waals surface area contributed by atoms with E-state index in [0.717, 1.165) is 17.9 Å². The highest BCUT2D eigenvalue weighted by molar-refractivity contribution is 5.99. The number of nitrogens with zero attached hydrogens (tertiary/aromatic N) is 2. The third-order valence-electron chi connectivity index (χ3n) is 3.59. The molecular formula is C14H16N2O2. The molecule has 1 aromatic rings. The first-order valence-corrected chi connectivity index (χ1v) is 5.96. The highest BCUT2D eigenvalue weighted by atomic mass is 16.5. The number of hydrogen-bond acceptors (Lipinski definition) is 3. The van der Waals surface area contributed by atoms with E-state index in [1.54, 1.807) is 31.2 Å². The Morgan fingerprint density at radius 3 is 2.39 bits per heavy atom. The van der Waals surface area contributed by atoms with Gasteiger partial charge >= 0.3 is 0 Å². The molecule has 0 unspecified atom stereocenters. The molecule has 0 atom stereocenters. The fourth-order valence-corrected chi connectivity index (χ4v) is 2.15. The Balaban J connectivity index is 2.18. The van der Waals surface area contributed by atoms with E-state index in [2.05, 4.69) is 6.07 Å². The largest absolute Gasteiger partial charge is 0.497 e.